The second-order valence-corrected chi connectivity index (χ2v) is 7.30. The third kappa shape index (κ3) is 5.35. The molecule has 0 bridgehead atoms. The Morgan fingerprint density at radius 1 is 1.04 bits per heavy atom. The van der Waals surface area contributed by atoms with Crippen LogP contribution in [0.5, 0.6) is 0 Å². The first kappa shape index (κ1) is 19.0. The minimum Gasteiger partial charge on any atom is -0.326 e. The van der Waals surface area contributed by atoms with E-state index in [-0.39, 0.29) is 11.8 Å². The molecule has 0 unspecified atom stereocenters. The zero-order chi connectivity index (χ0) is 19.2. The van der Waals surface area contributed by atoms with E-state index in [1.54, 1.807) is 35.6 Å². The fourth-order valence-corrected chi connectivity index (χ4v) is 3.71. The lowest BCUT2D eigenvalue weighted by Crippen LogP contribution is -2.32. The third-order valence-corrected chi connectivity index (χ3v) is 5.02. The topological polar surface area (TPSA) is 74.3 Å². The van der Waals surface area contributed by atoms with Gasteiger partial charge in [-0.2, -0.15) is 0 Å². The predicted molar refractivity (Wildman–Crippen MR) is 110 cm³/mol. The van der Waals surface area contributed by atoms with Crippen molar-refractivity contribution >= 4 is 44.7 Å². The molecule has 3 aromatic rings. The fourth-order valence-electron chi connectivity index (χ4n) is 2.70. The van der Waals surface area contributed by atoms with Gasteiger partial charge in [0.2, 0.25) is 11.8 Å². The van der Waals surface area contributed by atoms with E-state index in [2.05, 4.69) is 26.6 Å². The normalized spacial score (nSPS) is 10.9. The van der Waals surface area contributed by atoms with Crippen molar-refractivity contribution in [1.82, 2.24) is 9.88 Å². The molecule has 0 spiro atoms. The molecule has 0 aliphatic rings. The zero-order valence-corrected chi connectivity index (χ0v) is 16.2. The van der Waals surface area contributed by atoms with E-state index in [0.29, 0.717) is 24.5 Å². The number of benzene rings is 2. The van der Waals surface area contributed by atoms with Gasteiger partial charge in [-0.3, -0.25) is 14.5 Å². The largest absolute Gasteiger partial charge is 0.326 e. The number of amides is 2. The Morgan fingerprint density at radius 2 is 1.70 bits per heavy atom. The van der Waals surface area contributed by atoms with Gasteiger partial charge in [0.25, 0.3) is 0 Å². The molecule has 0 fully saturated rings. The van der Waals surface area contributed by atoms with E-state index in [1.165, 1.54) is 6.92 Å². The molecular weight excluding hydrogens is 360 g/mol. The summed E-state index contributed by atoms with van der Waals surface area (Å²) in [5, 5.41) is 6.59. The second-order valence-electron chi connectivity index (χ2n) is 6.19. The maximum atomic E-state index is 12.4. The standard InChI is InChI=1S/C20H22N4O2S/c1-3-24(13-20-23-17-6-4-5-7-18(17)27-20)12-19(26)22-16-10-8-15(9-11-16)21-14(2)25/h4-11H,3,12-13H2,1-2H3,(H,21,25)(H,22,26). The van der Waals surface area contributed by atoms with E-state index in [1.807, 2.05) is 25.1 Å². The summed E-state index contributed by atoms with van der Waals surface area (Å²) in [6, 6.07) is 15.1. The molecule has 0 saturated carbocycles. The molecule has 3 rings (SSSR count). The number of carbonyl (C=O) groups excluding carboxylic acids is 2. The highest BCUT2D eigenvalue weighted by atomic mass is 32.1. The summed E-state index contributed by atoms with van der Waals surface area (Å²) in [5.74, 6) is -0.203. The molecule has 0 radical (unpaired) electrons. The molecule has 2 amide bonds. The number of nitrogens with zero attached hydrogens (tertiary/aromatic N) is 2. The van der Waals surface area contributed by atoms with Gasteiger partial charge >= 0.3 is 0 Å². The van der Waals surface area contributed by atoms with Gasteiger partial charge in [-0.25, -0.2) is 4.98 Å². The maximum Gasteiger partial charge on any atom is 0.238 e. The van der Waals surface area contributed by atoms with Gasteiger partial charge in [-0.05, 0) is 42.9 Å². The number of hydrogen-bond acceptors (Lipinski definition) is 5. The summed E-state index contributed by atoms with van der Waals surface area (Å²) in [6.45, 7) is 5.18. The van der Waals surface area contributed by atoms with Crippen LogP contribution in [0, 0.1) is 0 Å². The number of nitrogens with one attached hydrogen (secondary N) is 2. The molecule has 0 atom stereocenters. The molecule has 2 aromatic carbocycles. The highest BCUT2D eigenvalue weighted by Gasteiger charge is 2.13. The summed E-state index contributed by atoms with van der Waals surface area (Å²) in [6.07, 6.45) is 0. The molecule has 7 heteroatoms. The first-order chi connectivity index (χ1) is 13.0. The number of aromatic nitrogens is 1. The summed E-state index contributed by atoms with van der Waals surface area (Å²) in [5.41, 5.74) is 2.40. The first-order valence-electron chi connectivity index (χ1n) is 8.78. The quantitative estimate of drug-likeness (QED) is 0.653. The molecule has 0 aliphatic heterocycles. The summed E-state index contributed by atoms with van der Waals surface area (Å²) in [7, 11) is 0. The summed E-state index contributed by atoms with van der Waals surface area (Å²) < 4.78 is 1.16. The molecule has 2 N–H and O–H groups in total. The van der Waals surface area contributed by atoms with Gasteiger partial charge < -0.3 is 10.6 Å². The number of anilines is 2. The molecule has 0 saturated heterocycles. The Balaban J connectivity index is 1.57. The lowest BCUT2D eigenvalue weighted by Gasteiger charge is -2.18. The van der Waals surface area contributed by atoms with Crippen LogP contribution in [0.25, 0.3) is 10.2 Å². The van der Waals surface area contributed by atoms with Gasteiger partial charge in [-0.1, -0.05) is 19.1 Å². The molecule has 0 aliphatic carbocycles. The van der Waals surface area contributed by atoms with E-state index < -0.39 is 0 Å². The van der Waals surface area contributed by atoms with Crippen LogP contribution in [0.4, 0.5) is 11.4 Å². The molecular formula is C20H22N4O2S. The van der Waals surface area contributed by atoms with Crippen LogP contribution in [-0.4, -0.2) is 34.8 Å². The van der Waals surface area contributed by atoms with Crippen molar-refractivity contribution in [3.05, 3.63) is 53.5 Å². The van der Waals surface area contributed by atoms with E-state index >= 15 is 0 Å². The van der Waals surface area contributed by atoms with Crippen LogP contribution in [0.1, 0.15) is 18.9 Å². The van der Waals surface area contributed by atoms with Crippen molar-refractivity contribution in [2.45, 2.75) is 20.4 Å². The minimum atomic E-state index is -0.125. The number of rotatable bonds is 7. The van der Waals surface area contributed by atoms with Crippen molar-refractivity contribution in [2.24, 2.45) is 0 Å². The Hall–Kier alpha value is -2.77. The van der Waals surface area contributed by atoms with Gasteiger partial charge in [0.15, 0.2) is 0 Å². The highest BCUT2D eigenvalue weighted by Crippen LogP contribution is 2.22. The van der Waals surface area contributed by atoms with Crippen LogP contribution in [0.15, 0.2) is 48.5 Å². The Bertz CT molecular complexity index is 904. The van der Waals surface area contributed by atoms with E-state index in [4.69, 9.17) is 0 Å². The average molecular weight is 382 g/mol. The number of carbonyl (C=O) groups is 2. The van der Waals surface area contributed by atoms with Crippen molar-refractivity contribution < 1.29 is 9.59 Å². The van der Waals surface area contributed by atoms with Crippen LogP contribution >= 0.6 is 11.3 Å². The highest BCUT2D eigenvalue weighted by molar-refractivity contribution is 7.18. The van der Waals surface area contributed by atoms with Gasteiger partial charge in [0.1, 0.15) is 5.01 Å². The summed E-state index contributed by atoms with van der Waals surface area (Å²) >= 11 is 1.66. The average Bonchev–Trinajstić information content (AvgIpc) is 3.04. The van der Waals surface area contributed by atoms with E-state index in [0.717, 1.165) is 21.8 Å². The van der Waals surface area contributed by atoms with Crippen LogP contribution in [0.3, 0.4) is 0 Å². The predicted octanol–water partition coefficient (Wildman–Crippen LogP) is 3.72. The Kier molecular flexibility index (Phi) is 6.16. The fraction of sp³-hybridized carbons (Fsp3) is 0.250. The first-order valence-corrected chi connectivity index (χ1v) is 9.59. The molecule has 1 heterocycles. The van der Waals surface area contributed by atoms with Crippen molar-refractivity contribution in [3.8, 4) is 0 Å². The number of para-hydroxylation sites is 1. The van der Waals surface area contributed by atoms with Crippen molar-refractivity contribution in [1.29, 1.82) is 0 Å². The number of likely N-dealkylation sites (N-methyl/N-ethyl adjacent to an activating group) is 1. The van der Waals surface area contributed by atoms with E-state index in [9.17, 15) is 9.59 Å². The minimum absolute atomic E-state index is 0.0785. The molecule has 27 heavy (non-hydrogen) atoms. The molecule has 6 nitrogen and oxygen atoms in total. The molecule has 140 valence electrons. The lowest BCUT2D eigenvalue weighted by atomic mass is 10.2. The number of hydrogen-bond donors (Lipinski definition) is 2. The van der Waals surface area contributed by atoms with Crippen molar-refractivity contribution in [2.75, 3.05) is 23.7 Å². The SMILES string of the molecule is CCN(CC(=O)Nc1ccc(NC(C)=O)cc1)Cc1nc2ccccc2s1. The van der Waals surface area contributed by atoms with Gasteiger partial charge in [0.05, 0.1) is 23.3 Å². The third-order valence-electron chi connectivity index (χ3n) is 4.00. The van der Waals surface area contributed by atoms with Crippen LogP contribution in [0.2, 0.25) is 0 Å². The Morgan fingerprint density at radius 3 is 2.33 bits per heavy atom. The maximum absolute atomic E-state index is 12.4. The van der Waals surface area contributed by atoms with Crippen LogP contribution in [-0.2, 0) is 16.1 Å². The second kappa shape index (κ2) is 8.75. The Labute approximate surface area is 162 Å². The van der Waals surface area contributed by atoms with Gasteiger partial charge in [-0.15, -0.1) is 11.3 Å². The summed E-state index contributed by atoms with van der Waals surface area (Å²) in [4.78, 5) is 30.1. The monoisotopic (exact) mass is 382 g/mol. The lowest BCUT2D eigenvalue weighted by molar-refractivity contribution is -0.117. The number of thiazole rings is 1. The van der Waals surface area contributed by atoms with Gasteiger partial charge in [0, 0.05) is 18.3 Å². The molecule has 1 aromatic heterocycles. The smallest absolute Gasteiger partial charge is 0.238 e. The van der Waals surface area contributed by atoms with Crippen LogP contribution < -0.4 is 10.6 Å². The zero-order valence-electron chi connectivity index (χ0n) is 15.4. The number of fused-ring (bicyclic) bond motifs is 1. The van der Waals surface area contributed by atoms with Crippen molar-refractivity contribution in [3.63, 3.8) is 0 Å².